The van der Waals surface area contributed by atoms with Crippen LogP contribution in [0.25, 0.3) is 0 Å². The molecular formula is C21H27ClN4O5. The summed E-state index contributed by atoms with van der Waals surface area (Å²) in [5, 5.41) is 6.14. The fraction of sp³-hybridized carbons (Fsp3) is 0.476. The highest BCUT2D eigenvalue weighted by atomic mass is 35.5. The Morgan fingerprint density at radius 1 is 1.06 bits per heavy atom. The molecule has 0 spiro atoms. The van der Waals surface area contributed by atoms with Gasteiger partial charge in [-0.15, -0.1) is 0 Å². The molecule has 10 heteroatoms. The van der Waals surface area contributed by atoms with E-state index in [0.29, 0.717) is 55.6 Å². The Balaban J connectivity index is 1.82. The van der Waals surface area contributed by atoms with Gasteiger partial charge in [-0.25, -0.2) is 14.4 Å². The summed E-state index contributed by atoms with van der Waals surface area (Å²) < 4.78 is 10.3. The highest BCUT2D eigenvalue weighted by Crippen LogP contribution is 2.29. The Morgan fingerprint density at radius 2 is 1.71 bits per heavy atom. The van der Waals surface area contributed by atoms with Gasteiger partial charge in [0.2, 0.25) is 0 Å². The smallest absolute Gasteiger partial charge is 0.409 e. The van der Waals surface area contributed by atoms with Crippen LogP contribution in [-0.2, 0) is 14.3 Å². The van der Waals surface area contributed by atoms with Crippen LogP contribution in [0.3, 0.4) is 0 Å². The Labute approximate surface area is 186 Å². The van der Waals surface area contributed by atoms with E-state index >= 15 is 0 Å². The summed E-state index contributed by atoms with van der Waals surface area (Å²) in [6, 6.07) is 5.92. The van der Waals surface area contributed by atoms with Gasteiger partial charge in [-0.1, -0.05) is 23.7 Å². The van der Waals surface area contributed by atoms with E-state index in [4.69, 9.17) is 21.1 Å². The zero-order valence-electron chi connectivity index (χ0n) is 17.7. The summed E-state index contributed by atoms with van der Waals surface area (Å²) in [5.74, 6) is -0.491. The maximum absolute atomic E-state index is 12.8. The van der Waals surface area contributed by atoms with Crippen molar-refractivity contribution >= 4 is 29.7 Å². The molecule has 1 aromatic rings. The number of rotatable bonds is 6. The molecule has 1 aromatic carbocycles. The van der Waals surface area contributed by atoms with Crippen molar-refractivity contribution in [3.05, 3.63) is 46.1 Å². The van der Waals surface area contributed by atoms with Gasteiger partial charge in [-0.3, -0.25) is 4.90 Å². The Morgan fingerprint density at radius 3 is 2.32 bits per heavy atom. The fourth-order valence-corrected chi connectivity index (χ4v) is 3.75. The quantitative estimate of drug-likeness (QED) is 0.645. The minimum atomic E-state index is -0.652. The number of hydrogen-bond donors (Lipinski definition) is 2. The lowest BCUT2D eigenvalue weighted by atomic mass is 9.95. The maximum atomic E-state index is 12.8. The van der Waals surface area contributed by atoms with E-state index in [2.05, 4.69) is 15.5 Å². The van der Waals surface area contributed by atoms with E-state index in [-0.39, 0.29) is 12.7 Å². The van der Waals surface area contributed by atoms with Crippen molar-refractivity contribution in [1.29, 1.82) is 0 Å². The number of carbonyl (C=O) groups is 3. The van der Waals surface area contributed by atoms with Crippen LogP contribution in [0.1, 0.15) is 25.5 Å². The van der Waals surface area contributed by atoms with Gasteiger partial charge in [0.05, 0.1) is 24.8 Å². The van der Waals surface area contributed by atoms with Crippen LogP contribution >= 0.6 is 11.6 Å². The highest BCUT2D eigenvalue weighted by Gasteiger charge is 2.35. The van der Waals surface area contributed by atoms with Crippen molar-refractivity contribution < 1.29 is 23.9 Å². The van der Waals surface area contributed by atoms with E-state index in [1.54, 1.807) is 43.0 Å². The van der Waals surface area contributed by atoms with E-state index in [1.807, 2.05) is 0 Å². The lowest BCUT2D eigenvalue weighted by Crippen LogP contribution is -2.52. The normalized spacial score (nSPS) is 19.5. The predicted molar refractivity (Wildman–Crippen MR) is 115 cm³/mol. The summed E-state index contributed by atoms with van der Waals surface area (Å²) in [7, 11) is 0. The molecule has 0 aliphatic carbocycles. The van der Waals surface area contributed by atoms with Gasteiger partial charge in [0.25, 0.3) is 0 Å². The first-order chi connectivity index (χ1) is 14.9. The lowest BCUT2D eigenvalue weighted by Gasteiger charge is -2.36. The molecule has 9 nitrogen and oxygen atoms in total. The second kappa shape index (κ2) is 10.5. The third-order valence-corrected chi connectivity index (χ3v) is 5.38. The topological polar surface area (TPSA) is 100 Å². The van der Waals surface area contributed by atoms with E-state index in [1.165, 1.54) is 0 Å². The molecule has 31 heavy (non-hydrogen) atoms. The number of nitrogens with one attached hydrogen (secondary N) is 2. The van der Waals surface area contributed by atoms with Gasteiger partial charge in [0.15, 0.2) is 0 Å². The molecule has 0 saturated carbocycles. The molecule has 3 amide bonds. The highest BCUT2D eigenvalue weighted by molar-refractivity contribution is 6.30. The predicted octanol–water partition coefficient (Wildman–Crippen LogP) is 2.29. The third kappa shape index (κ3) is 5.68. The molecule has 0 bridgehead atoms. The molecule has 0 aromatic heterocycles. The van der Waals surface area contributed by atoms with Crippen LogP contribution in [0.4, 0.5) is 9.59 Å². The second-order valence-corrected chi connectivity index (χ2v) is 7.59. The van der Waals surface area contributed by atoms with Gasteiger partial charge in [0.1, 0.15) is 0 Å². The standard InChI is InChI=1S/C21H27ClN4O5/c1-3-30-19(27)17-16(13-25-9-11-26(12-10-25)21(29)31-4-2)23-20(28)24-18(17)14-5-7-15(22)8-6-14/h5-8,18H,3-4,9-13H2,1-2H3,(H2,23,24,28)/t18-/m1/s1. The van der Waals surface area contributed by atoms with Crippen molar-refractivity contribution in [2.45, 2.75) is 19.9 Å². The summed E-state index contributed by atoms with van der Waals surface area (Å²) in [5.41, 5.74) is 1.58. The molecule has 2 heterocycles. The number of ether oxygens (including phenoxy) is 2. The molecule has 1 fully saturated rings. The number of esters is 1. The molecule has 3 rings (SSSR count). The van der Waals surface area contributed by atoms with Crippen molar-refractivity contribution in [3.8, 4) is 0 Å². The van der Waals surface area contributed by atoms with Gasteiger partial charge < -0.3 is 25.0 Å². The number of halogens is 1. The van der Waals surface area contributed by atoms with E-state index in [9.17, 15) is 14.4 Å². The average Bonchev–Trinajstić information content (AvgIpc) is 2.74. The van der Waals surface area contributed by atoms with E-state index in [0.717, 1.165) is 5.56 Å². The Kier molecular flexibility index (Phi) is 7.75. The first-order valence-corrected chi connectivity index (χ1v) is 10.7. The first-order valence-electron chi connectivity index (χ1n) is 10.3. The van der Waals surface area contributed by atoms with Crippen LogP contribution < -0.4 is 10.6 Å². The summed E-state index contributed by atoms with van der Waals surface area (Å²) in [6.07, 6.45) is -0.327. The van der Waals surface area contributed by atoms with Gasteiger partial charge in [-0.05, 0) is 31.5 Å². The minimum absolute atomic E-state index is 0.217. The molecule has 1 atom stereocenters. The maximum Gasteiger partial charge on any atom is 0.409 e. The van der Waals surface area contributed by atoms with Crippen LogP contribution in [0.15, 0.2) is 35.5 Å². The van der Waals surface area contributed by atoms with Crippen LogP contribution in [0, 0.1) is 0 Å². The van der Waals surface area contributed by atoms with E-state index < -0.39 is 18.0 Å². The molecule has 0 radical (unpaired) electrons. The van der Waals surface area contributed by atoms with Crippen molar-refractivity contribution in [2.24, 2.45) is 0 Å². The zero-order chi connectivity index (χ0) is 22.4. The first kappa shape index (κ1) is 22.9. The number of urea groups is 1. The minimum Gasteiger partial charge on any atom is -0.463 e. The lowest BCUT2D eigenvalue weighted by molar-refractivity contribution is -0.139. The molecule has 2 N–H and O–H groups in total. The zero-order valence-corrected chi connectivity index (χ0v) is 18.4. The monoisotopic (exact) mass is 450 g/mol. The molecule has 2 aliphatic rings. The van der Waals surface area contributed by atoms with Crippen LogP contribution in [0.5, 0.6) is 0 Å². The van der Waals surface area contributed by atoms with Crippen molar-refractivity contribution in [2.75, 3.05) is 45.9 Å². The number of nitrogens with zero attached hydrogens (tertiary/aromatic N) is 2. The summed E-state index contributed by atoms with van der Waals surface area (Å²) >= 11 is 5.99. The Hall–Kier alpha value is -2.78. The second-order valence-electron chi connectivity index (χ2n) is 7.16. The Bertz CT molecular complexity index is 850. The fourth-order valence-electron chi connectivity index (χ4n) is 3.62. The molecule has 1 saturated heterocycles. The van der Waals surface area contributed by atoms with Crippen LogP contribution in [0.2, 0.25) is 5.02 Å². The summed E-state index contributed by atoms with van der Waals surface area (Å²) in [6.45, 7) is 6.60. The number of amides is 3. The van der Waals surface area contributed by atoms with Crippen molar-refractivity contribution in [3.63, 3.8) is 0 Å². The number of piperazine rings is 1. The average molecular weight is 451 g/mol. The SMILES string of the molecule is CCOC(=O)C1=C(CN2CCN(C(=O)OCC)CC2)NC(=O)N[C@@H]1c1ccc(Cl)cc1. The number of carbonyl (C=O) groups excluding carboxylic acids is 3. The molecule has 0 unspecified atom stereocenters. The number of benzene rings is 1. The summed E-state index contributed by atoms with van der Waals surface area (Å²) in [4.78, 5) is 40.9. The third-order valence-electron chi connectivity index (χ3n) is 5.13. The van der Waals surface area contributed by atoms with Crippen LogP contribution in [-0.4, -0.2) is 73.8 Å². The molecule has 168 valence electrons. The molecular weight excluding hydrogens is 424 g/mol. The van der Waals surface area contributed by atoms with Crippen molar-refractivity contribution in [1.82, 2.24) is 20.4 Å². The molecule has 2 aliphatic heterocycles. The van der Waals surface area contributed by atoms with Gasteiger partial charge in [0, 0.05) is 43.4 Å². The number of hydrogen-bond acceptors (Lipinski definition) is 6. The van der Waals surface area contributed by atoms with Gasteiger partial charge >= 0.3 is 18.1 Å². The van der Waals surface area contributed by atoms with Gasteiger partial charge in [-0.2, -0.15) is 0 Å². The largest absolute Gasteiger partial charge is 0.463 e.